The van der Waals surface area contributed by atoms with E-state index in [-0.39, 0.29) is 5.78 Å². The quantitative estimate of drug-likeness (QED) is 0.441. The second-order valence-corrected chi connectivity index (χ2v) is 5.22. The lowest BCUT2D eigenvalue weighted by atomic mass is 10.1. The first kappa shape index (κ1) is 13.1. The number of ether oxygens (including phenoxy) is 1. The Hall–Kier alpha value is 0.0600. The van der Waals surface area contributed by atoms with Gasteiger partial charge in [0.2, 0.25) is 0 Å². The van der Waals surface area contributed by atoms with E-state index in [1.807, 2.05) is 18.2 Å². The zero-order chi connectivity index (χ0) is 11.3. The Morgan fingerprint density at radius 2 is 2.27 bits per heavy atom. The summed E-state index contributed by atoms with van der Waals surface area (Å²) in [4.78, 5) is 11.8. The molecule has 0 amide bonds. The van der Waals surface area contributed by atoms with Gasteiger partial charge >= 0.3 is 0 Å². The second kappa shape index (κ2) is 6.60. The first-order chi connectivity index (χ1) is 7.15. The van der Waals surface area contributed by atoms with Gasteiger partial charge in [0.1, 0.15) is 0 Å². The van der Waals surface area contributed by atoms with Crippen LogP contribution < -0.4 is 0 Å². The zero-order valence-corrected chi connectivity index (χ0v) is 12.2. The third kappa shape index (κ3) is 4.20. The van der Waals surface area contributed by atoms with Gasteiger partial charge in [-0.25, -0.2) is 0 Å². The van der Waals surface area contributed by atoms with Gasteiger partial charge in [-0.15, -0.1) is 0 Å². The molecule has 0 N–H and O–H groups in total. The molecule has 0 fully saturated rings. The average molecular weight is 383 g/mol. The maximum Gasteiger partial charge on any atom is 0.164 e. The lowest BCUT2D eigenvalue weighted by Gasteiger charge is -2.04. The van der Waals surface area contributed by atoms with Gasteiger partial charge in [0, 0.05) is 33.7 Å². The fourth-order valence-corrected chi connectivity index (χ4v) is 2.22. The van der Waals surface area contributed by atoms with Crippen LogP contribution in [-0.4, -0.2) is 19.5 Å². The largest absolute Gasteiger partial charge is 0.385 e. The molecule has 0 radical (unpaired) electrons. The van der Waals surface area contributed by atoms with Crippen LogP contribution >= 0.6 is 38.5 Å². The minimum Gasteiger partial charge on any atom is -0.385 e. The van der Waals surface area contributed by atoms with E-state index in [0.717, 1.165) is 20.0 Å². The highest BCUT2D eigenvalue weighted by Gasteiger charge is 2.09. The van der Waals surface area contributed by atoms with Crippen molar-refractivity contribution in [3.05, 3.63) is 31.8 Å². The Kier molecular flexibility index (Phi) is 5.78. The summed E-state index contributed by atoms with van der Waals surface area (Å²) in [6, 6.07) is 5.75. The van der Waals surface area contributed by atoms with Crippen LogP contribution in [0.25, 0.3) is 0 Å². The predicted molar refractivity (Wildman–Crippen MR) is 72.3 cm³/mol. The minimum absolute atomic E-state index is 0.178. The van der Waals surface area contributed by atoms with Crippen LogP contribution in [-0.2, 0) is 4.74 Å². The van der Waals surface area contributed by atoms with Crippen molar-refractivity contribution in [1.82, 2.24) is 0 Å². The lowest BCUT2D eigenvalue weighted by molar-refractivity contribution is 0.0962. The molecule has 0 saturated carbocycles. The number of hydrogen-bond donors (Lipinski definition) is 0. The van der Waals surface area contributed by atoms with E-state index in [0.29, 0.717) is 13.0 Å². The highest BCUT2D eigenvalue weighted by Crippen LogP contribution is 2.20. The lowest BCUT2D eigenvalue weighted by Crippen LogP contribution is -2.03. The number of halogens is 2. The van der Waals surface area contributed by atoms with Gasteiger partial charge in [-0.05, 0) is 47.2 Å². The Bertz CT molecular complexity index is 352. The molecule has 2 nitrogen and oxygen atoms in total. The van der Waals surface area contributed by atoms with Crippen LogP contribution in [0.15, 0.2) is 22.7 Å². The number of carbonyl (C=O) groups excluding carboxylic acids is 1. The monoisotopic (exact) mass is 382 g/mol. The van der Waals surface area contributed by atoms with Gasteiger partial charge in [-0.3, -0.25) is 4.79 Å². The molecule has 0 heterocycles. The number of benzene rings is 1. The zero-order valence-electron chi connectivity index (χ0n) is 8.43. The van der Waals surface area contributed by atoms with Crippen molar-refractivity contribution in [3.8, 4) is 0 Å². The molecule has 0 bridgehead atoms. The molecular formula is C11H12BrIO2. The van der Waals surface area contributed by atoms with Gasteiger partial charge < -0.3 is 4.74 Å². The van der Waals surface area contributed by atoms with Gasteiger partial charge in [0.15, 0.2) is 5.78 Å². The van der Waals surface area contributed by atoms with Crippen LogP contribution in [0.4, 0.5) is 0 Å². The molecule has 0 aliphatic rings. The summed E-state index contributed by atoms with van der Waals surface area (Å²) >= 11 is 5.55. The van der Waals surface area contributed by atoms with E-state index in [9.17, 15) is 4.79 Å². The Balaban J connectivity index is 2.68. The first-order valence-electron chi connectivity index (χ1n) is 4.62. The highest BCUT2D eigenvalue weighted by atomic mass is 127. The molecule has 0 aliphatic heterocycles. The van der Waals surface area contributed by atoms with Gasteiger partial charge in [0.25, 0.3) is 0 Å². The smallest absolute Gasteiger partial charge is 0.164 e. The number of rotatable bonds is 5. The van der Waals surface area contributed by atoms with E-state index in [4.69, 9.17) is 4.74 Å². The maximum absolute atomic E-state index is 11.8. The van der Waals surface area contributed by atoms with Crippen molar-refractivity contribution in [1.29, 1.82) is 0 Å². The van der Waals surface area contributed by atoms with E-state index >= 15 is 0 Å². The van der Waals surface area contributed by atoms with Crippen molar-refractivity contribution in [2.24, 2.45) is 0 Å². The molecule has 0 aliphatic carbocycles. The highest BCUT2D eigenvalue weighted by molar-refractivity contribution is 14.1. The second-order valence-electron chi connectivity index (χ2n) is 3.14. The Morgan fingerprint density at radius 1 is 1.53 bits per heavy atom. The van der Waals surface area contributed by atoms with Crippen molar-refractivity contribution in [2.45, 2.75) is 12.8 Å². The maximum atomic E-state index is 11.8. The third-order valence-electron chi connectivity index (χ3n) is 1.98. The summed E-state index contributed by atoms with van der Waals surface area (Å²) in [6.45, 7) is 0.635. The number of carbonyl (C=O) groups is 1. The standard InChI is InChI=1S/C11H12BrIO2/c1-15-6-2-3-11(14)9-7-8(12)4-5-10(9)13/h4-5,7H,2-3,6H2,1H3. The molecule has 1 aromatic carbocycles. The number of ketones is 1. The van der Waals surface area contributed by atoms with Crippen LogP contribution in [0, 0.1) is 3.57 Å². The summed E-state index contributed by atoms with van der Waals surface area (Å²) in [5.41, 5.74) is 0.793. The van der Waals surface area contributed by atoms with Crippen LogP contribution in [0.2, 0.25) is 0 Å². The minimum atomic E-state index is 0.178. The van der Waals surface area contributed by atoms with Gasteiger partial charge in [-0.1, -0.05) is 15.9 Å². The molecule has 1 aromatic rings. The van der Waals surface area contributed by atoms with Crippen molar-refractivity contribution >= 4 is 44.3 Å². The van der Waals surface area contributed by atoms with Crippen LogP contribution in [0.3, 0.4) is 0 Å². The Morgan fingerprint density at radius 3 is 2.93 bits per heavy atom. The fraction of sp³-hybridized carbons (Fsp3) is 0.364. The van der Waals surface area contributed by atoms with Gasteiger partial charge in [0.05, 0.1) is 0 Å². The summed E-state index contributed by atoms with van der Waals surface area (Å²) < 4.78 is 6.86. The summed E-state index contributed by atoms with van der Waals surface area (Å²) in [5, 5.41) is 0. The number of methoxy groups -OCH3 is 1. The van der Waals surface area contributed by atoms with Crippen LogP contribution in [0.1, 0.15) is 23.2 Å². The van der Waals surface area contributed by atoms with E-state index in [2.05, 4.69) is 38.5 Å². The first-order valence-corrected chi connectivity index (χ1v) is 6.49. The molecule has 0 unspecified atom stereocenters. The number of hydrogen-bond acceptors (Lipinski definition) is 2. The van der Waals surface area contributed by atoms with Crippen molar-refractivity contribution in [3.63, 3.8) is 0 Å². The van der Waals surface area contributed by atoms with E-state index < -0.39 is 0 Å². The van der Waals surface area contributed by atoms with Crippen molar-refractivity contribution < 1.29 is 9.53 Å². The molecule has 15 heavy (non-hydrogen) atoms. The summed E-state index contributed by atoms with van der Waals surface area (Å²) in [7, 11) is 1.65. The fourth-order valence-electron chi connectivity index (χ4n) is 1.22. The average Bonchev–Trinajstić information content (AvgIpc) is 2.22. The number of Topliss-reactive ketones (excluding diaryl/α,β-unsaturated/α-hetero) is 1. The topological polar surface area (TPSA) is 26.3 Å². The molecule has 4 heteroatoms. The van der Waals surface area contributed by atoms with Crippen molar-refractivity contribution in [2.75, 3.05) is 13.7 Å². The van der Waals surface area contributed by atoms with E-state index in [1.54, 1.807) is 7.11 Å². The molecule has 0 spiro atoms. The van der Waals surface area contributed by atoms with Crippen LogP contribution in [0.5, 0.6) is 0 Å². The molecule has 0 atom stereocenters. The molecule has 1 rings (SSSR count). The third-order valence-corrected chi connectivity index (χ3v) is 3.42. The molecule has 0 saturated heterocycles. The normalized spacial score (nSPS) is 10.3. The molecule has 0 aromatic heterocycles. The molecular weight excluding hydrogens is 371 g/mol. The predicted octanol–water partition coefficient (Wildman–Crippen LogP) is 3.66. The van der Waals surface area contributed by atoms with Gasteiger partial charge in [-0.2, -0.15) is 0 Å². The SMILES string of the molecule is COCCCC(=O)c1cc(Br)ccc1I. The van der Waals surface area contributed by atoms with E-state index in [1.165, 1.54) is 0 Å². The molecule has 82 valence electrons. The summed E-state index contributed by atoms with van der Waals surface area (Å²) in [5.74, 6) is 0.178. The summed E-state index contributed by atoms with van der Waals surface area (Å²) in [6.07, 6.45) is 1.32. The Labute approximate surface area is 112 Å².